The molecule has 0 saturated carbocycles. The molecule has 0 atom stereocenters. The molecule has 0 aliphatic heterocycles. The highest BCUT2D eigenvalue weighted by atomic mass is 79.9. The molecule has 0 amide bonds. The Balaban J connectivity index is 2.17. The van der Waals surface area contributed by atoms with Crippen molar-refractivity contribution in [2.45, 2.75) is 0 Å². The van der Waals surface area contributed by atoms with E-state index in [9.17, 15) is 4.39 Å². The van der Waals surface area contributed by atoms with Gasteiger partial charge in [-0.2, -0.15) is 0 Å². The molecule has 0 aliphatic rings. The van der Waals surface area contributed by atoms with Crippen molar-refractivity contribution in [1.82, 2.24) is 10.1 Å². The van der Waals surface area contributed by atoms with Gasteiger partial charge >= 0.3 is 0 Å². The van der Waals surface area contributed by atoms with Crippen LogP contribution in [0.3, 0.4) is 0 Å². The number of nitrogens with two attached hydrogens (primary N) is 1. The van der Waals surface area contributed by atoms with Crippen LogP contribution < -0.4 is 5.73 Å². The zero-order chi connectivity index (χ0) is 14.1. The lowest BCUT2D eigenvalue weighted by atomic mass is 10.0. The van der Waals surface area contributed by atoms with Gasteiger partial charge in [-0.3, -0.25) is 0 Å². The normalized spacial score (nSPS) is 10.7. The number of halogens is 2. The Labute approximate surface area is 122 Å². The third-order valence-corrected chi connectivity index (χ3v) is 3.29. The number of rotatable bonds is 2. The van der Waals surface area contributed by atoms with E-state index in [1.165, 1.54) is 12.1 Å². The summed E-state index contributed by atoms with van der Waals surface area (Å²) in [5.74, 6) is 0.273. The van der Waals surface area contributed by atoms with Crippen LogP contribution in [-0.4, -0.2) is 10.1 Å². The van der Waals surface area contributed by atoms with Crippen LogP contribution >= 0.6 is 15.9 Å². The number of aromatic nitrogens is 2. The van der Waals surface area contributed by atoms with Gasteiger partial charge in [0, 0.05) is 4.47 Å². The average molecular weight is 334 g/mol. The summed E-state index contributed by atoms with van der Waals surface area (Å²) in [5.41, 5.74) is 7.84. The van der Waals surface area contributed by atoms with E-state index in [0.717, 1.165) is 16.2 Å². The van der Waals surface area contributed by atoms with Gasteiger partial charge < -0.3 is 10.3 Å². The molecule has 4 nitrogen and oxygen atoms in total. The molecule has 100 valence electrons. The van der Waals surface area contributed by atoms with Crippen molar-refractivity contribution in [1.29, 1.82) is 0 Å². The van der Waals surface area contributed by atoms with Crippen molar-refractivity contribution < 1.29 is 8.91 Å². The molecule has 2 heterocycles. The van der Waals surface area contributed by atoms with Crippen LogP contribution in [0, 0.1) is 5.82 Å². The summed E-state index contributed by atoms with van der Waals surface area (Å²) in [5, 5.41) is 3.78. The lowest BCUT2D eigenvalue weighted by Crippen LogP contribution is -1.90. The highest BCUT2D eigenvalue weighted by molar-refractivity contribution is 9.10. The molecule has 3 aromatic rings. The van der Waals surface area contributed by atoms with E-state index in [1.807, 2.05) is 24.3 Å². The first-order valence-electron chi connectivity index (χ1n) is 5.78. The summed E-state index contributed by atoms with van der Waals surface area (Å²) in [6.45, 7) is 0. The monoisotopic (exact) mass is 333 g/mol. The molecule has 0 saturated heterocycles. The molecular formula is C14H9BrFN3O. The smallest absolute Gasteiger partial charge is 0.195 e. The second-order valence-corrected chi connectivity index (χ2v) is 5.06. The maximum Gasteiger partial charge on any atom is 0.195 e. The van der Waals surface area contributed by atoms with Gasteiger partial charge in [0.1, 0.15) is 11.5 Å². The lowest BCUT2D eigenvalue weighted by molar-refractivity contribution is 0.434. The summed E-state index contributed by atoms with van der Waals surface area (Å²) < 4.78 is 19.1. The van der Waals surface area contributed by atoms with E-state index in [0.29, 0.717) is 17.0 Å². The first kappa shape index (κ1) is 12.8. The Morgan fingerprint density at radius 2 is 2.05 bits per heavy atom. The van der Waals surface area contributed by atoms with Crippen molar-refractivity contribution in [3.05, 3.63) is 52.9 Å². The summed E-state index contributed by atoms with van der Waals surface area (Å²) in [4.78, 5) is 3.99. The third-order valence-electron chi connectivity index (χ3n) is 2.79. The van der Waals surface area contributed by atoms with E-state index in [-0.39, 0.29) is 5.82 Å². The van der Waals surface area contributed by atoms with Crippen molar-refractivity contribution >= 4 is 21.7 Å². The highest BCUT2D eigenvalue weighted by Gasteiger charge is 2.18. The Kier molecular flexibility index (Phi) is 3.23. The third kappa shape index (κ3) is 2.30. The van der Waals surface area contributed by atoms with Gasteiger partial charge in [0.2, 0.25) is 0 Å². The van der Waals surface area contributed by atoms with Crippen LogP contribution in [0.4, 0.5) is 10.2 Å². The number of nitrogen functional groups attached to an aromatic ring is 1. The van der Waals surface area contributed by atoms with Gasteiger partial charge in [-0.1, -0.05) is 33.2 Å². The second kappa shape index (κ2) is 5.05. The summed E-state index contributed by atoms with van der Waals surface area (Å²) in [6.07, 6.45) is 1.12. The predicted octanol–water partition coefficient (Wildman–Crippen LogP) is 3.89. The number of pyridine rings is 1. The van der Waals surface area contributed by atoms with Gasteiger partial charge in [-0.15, -0.1) is 0 Å². The SMILES string of the molecule is Nc1noc(-c2ccc(F)cn2)c1-c1cccc(Br)c1. The summed E-state index contributed by atoms with van der Waals surface area (Å²) in [6, 6.07) is 10.4. The minimum atomic E-state index is -0.412. The molecule has 0 unspecified atom stereocenters. The molecule has 3 rings (SSSR count). The van der Waals surface area contributed by atoms with Gasteiger partial charge in [0.05, 0.1) is 11.8 Å². The van der Waals surface area contributed by atoms with Crippen molar-refractivity contribution in [3.63, 3.8) is 0 Å². The number of benzene rings is 1. The molecular weight excluding hydrogens is 325 g/mol. The van der Waals surface area contributed by atoms with Gasteiger partial charge in [-0.25, -0.2) is 9.37 Å². The molecule has 20 heavy (non-hydrogen) atoms. The number of hydrogen-bond donors (Lipinski definition) is 1. The van der Waals surface area contributed by atoms with Crippen LogP contribution in [0.2, 0.25) is 0 Å². The molecule has 0 radical (unpaired) electrons. The minimum absolute atomic E-state index is 0.268. The van der Waals surface area contributed by atoms with Gasteiger partial charge in [0.25, 0.3) is 0 Å². The average Bonchev–Trinajstić information content (AvgIpc) is 2.81. The molecule has 0 fully saturated rings. The minimum Gasteiger partial charge on any atom is -0.380 e. The fourth-order valence-corrected chi connectivity index (χ4v) is 2.31. The van der Waals surface area contributed by atoms with Crippen LogP contribution in [0.15, 0.2) is 51.6 Å². The first-order chi connectivity index (χ1) is 9.65. The molecule has 6 heteroatoms. The molecule has 0 bridgehead atoms. The van der Waals surface area contributed by atoms with Crippen LogP contribution in [0.5, 0.6) is 0 Å². The number of anilines is 1. The summed E-state index contributed by atoms with van der Waals surface area (Å²) >= 11 is 3.41. The molecule has 2 aromatic heterocycles. The van der Waals surface area contributed by atoms with E-state index in [4.69, 9.17) is 10.3 Å². The number of hydrogen-bond acceptors (Lipinski definition) is 4. The molecule has 0 aliphatic carbocycles. The van der Waals surface area contributed by atoms with E-state index >= 15 is 0 Å². The Morgan fingerprint density at radius 3 is 2.75 bits per heavy atom. The quantitative estimate of drug-likeness (QED) is 0.772. The van der Waals surface area contributed by atoms with Crippen molar-refractivity contribution in [3.8, 4) is 22.6 Å². The Morgan fingerprint density at radius 1 is 1.20 bits per heavy atom. The zero-order valence-electron chi connectivity index (χ0n) is 10.2. The van der Waals surface area contributed by atoms with Crippen molar-refractivity contribution in [2.24, 2.45) is 0 Å². The Hall–Kier alpha value is -2.21. The van der Waals surface area contributed by atoms with Gasteiger partial charge in [0.15, 0.2) is 11.6 Å². The maximum atomic E-state index is 12.9. The predicted molar refractivity (Wildman–Crippen MR) is 77.2 cm³/mol. The van der Waals surface area contributed by atoms with Crippen molar-refractivity contribution in [2.75, 3.05) is 5.73 Å². The summed E-state index contributed by atoms with van der Waals surface area (Å²) in [7, 11) is 0. The lowest BCUT2D eigenvalue weighted by Gasteiger charge is -2.03. The molecule has 0 spiro atoms. The van der Waals surface area contributed by atoms with E-state index in [2.05, 4.69) is 26.1 Å². The van der Waals surface area contributed by atoms with Gasteiger partial charge in [-0.05, 0) is 29.8 Å². The van der Waals surface area contributed by atoms with E-state index in [1.54, 1.807) is 0 Å². The van der Waals surface area contributed by atoms with Crippen LogP contribution in [-0.2, 0) is 0 Å². The molecule has 2 N–H and O–H groups in total. The molecule has 1 aromatic carbocycles. The topological polar surface area (TPSA) is 64.9 Å². The van der Waals surface area contributed by atoms with Crippen LogP contribution in [0.1, 0.15) is 0 Å². The fraction of sp³-hybridized carbons (Fsp3) is 0. The first-order valence-corrected chi connectivity index (χ1v) is 6.57. The van der Waals surface area contributed by atoms with E-state index < -0.39 is 5.82 Å². The zero-order valence-corrected chi connectivity index (χ0v) is 11.8. The second-order valence-electron chi connectivity index (χ2n) is 4.14. The largest absolute Gasteiger partial charge is 0.380 e. The highest BCUT2D eigenvalue weighted by Crippen LogP contribution is 2.36. The Bertz CT molecular complexity index is 755. The number of nitrogens with zero attached hydrogens (tertiary/aromatic N) is 2. The fourth-order valence-electron chi connectivity index (χ4n) is 1.91. The maximum absolute atomic E-state index is 12.9. The standard InChI is InChI=1S/C14H9BrFN3O/c15-9-3-1-2-8(6-9)12-13(20-19-14(12)17)11-5-4-10(16)7-18-11/h1-7H,(H2,17,19). The van der Waals surface area contributed by atoms with Crippen LogP contribution in [0.25, 0.3) is 22.6 Å².